The monoisotopic (exact) mass is 264 g/mol. The van der Waals surface area contributed by atoms with Gasteiger partial charge in [-0.1, -0.05) is 43.3 Å². The van der Waals surface area contributed by atoms with Gasteiger partial charge >= 0.3 is 0 Å². The average molecular weight is 264 g/mol. The van der Waals surface area contributed by atoms with Gasteiger partial charge < -0.3 is 4.57 Å². The molecule has 102 valence electrons. The van der Waals surface area contributed by atoms with Gasteiger partial charge in [0.2, 0.25) is 0 Å². The molecule has 0 spiro atoms. The Morgan fingerprint density at radius 2 is 1.75 bits per heavy atom. The molecular formula is C18H20N2. The largest absolute Gasteiger partial charge is 0.323 e. The fraction of sp³-hybridized carbons (Fsp3) is 0.278. The fourth-order valence-corrected chi connectivity index (χ4v) is 2.67. The normalized spacial score (nSPS) is 11.1. The van der Waals surface area contributed by atoms with Crippen molar-refractivity contribution in [1.29, 1.82) is 0 Å². The Morgan fingerprint density at radius 3 is 2.55 bits per heavy atom. The highest BCUT2D eigenvalue weighted by molar-refractivity contribution is 5.76. The lowest BCUT2D eigenvalue weighted by molar-refractivity contribution is 0.719. The van der Waals surface area contributed by atoms with E-state index in [2.05, 4.69) is 66.9 Å². The van der Waals surface area contributed by atoms with Crippen LogP contribution >= 0.6 is 0 Å². The first-order valence-electron chi connectivity index (χ1n) is 7.28. The van der Waals surface area contributed by atoms with Gasteiger partial charge in [-0.2, -0.15) is 0 Å². The van der Waals surface area contributed by atoms with Crippen LogP contribution in [0.25, 0.3) is 11.0 Å². The standard InChI is InChI=1S/C18H20N2/c1-3-8-18-19-16-11-6-7-12-17(16)20(18)13-15-10-5-4-9-14(15)2/h4-7,9-12H,3,8,13H2,1-2H3. The van der Waals surface area contributed by atoms with Crippen LogP contribution in [-0.4, -0.2) is 9.55 Å². The van der Waals surface area contributed by atoms with Crippen molar-refractivity contribution in [2.24, 2.45) is 0 Å². The Morgan fingerprint density at radius 1 is 1.00 bits per heavy atom. The molecule has 0 fully saturated rings. The predicted molar refractivity (Wildman–Crippen MR) is 84.0 cm³/mol. The lowest BCUT2D eigenvalue weighted by Gasteiger charge is -2.11. The van der Waals surface area contributed by atoms with E-state index < -0.39 is 0 Å². The maximum absolute atomic E-state index is 4.79. The zero-order valence-corrected chi connectivity index (χ0v) is 12.1. The third kappa shape index (κ3) is 2.34. The van der Waals surface area contributed by atoms with E-state index in [0.29, 0.717) is 0 Å². The van der Waals surface area contributed by atoms with Gasteiger partial charge in [0.25, 0.3) is 0 Å². The molecule has 0 atom stereocenters. The summed E-state index contributed by atoms with van der Waals surface area (Å²) in [7, 11) is 0. The van der Waals surface area contributed by atoms with Crippen molar-refractivity contribution in [3.05, 3.63) is 65.5 Å². The second kappa shape index (κ2) is 5.49. The first-order valence-corrected chi connectivity index (χ1v) is 7.28. The highest BCUT2D eigenvalue weighted by Crippen LogP contribution is 2.20. The number of hydrogen-bond donors (Lipinski definition) is 0. The molecule has 1 heterocycles. The van der Waals surface area contributed by atoms with E-state index in [1.54, 1.807) is 0 Å². The number of aryl methyl sites for hydroxylation is 2. The van der Waals surface area contributed by atoms with E-state index in [-0.39, 0.29) is 0 Å². The van der Waals surface area contributed by atoms with Gasteiger partial charge in [-0.3, -0.25) is 0 Å². The van der Waals surface area contributed by atoms with Crippen molar-refractivity contribution in [1.82, 2.24) is 9.55 Å². The zero-order chi connectivity index (χ0) is 13.9. The smallest absolute Gasteiger partial charge is 0.110 e. The van der Waals surface area contributed by atoms with E-state index in [1.165, 1.54) is 22.5 Å². The minimum atomic E-state index is 0.905. The number of para-hydroxylation sites is 2. The minimum Gasteiger partial charge on any atom is -0.323 e. The molecule has 0 amide bonds. The Balaban J connectivity index is 2.09. The third-order valence-corrected chi connectivity index (χ3v) is 3.80. The molecule has 0 aliphatic heterocycles. The van der Waals surface area contributed by atoms with Crippen LogP contribution in [0.5, 0.6) is 0 Å². The van der Waals surface area contributed by atoms with Crippen LogP contribution < -0.4 is 0 Å². The molecule has 0 aliphatic rings. The zero-order valence-electron chi connectivity index (χ0n) is 12.1. The van der Waals surface area contributed by atoms with Crippen molar-refractivity contribution in [3.63, 3.8) is 0 Å². The highest BCUT2D eigenvalue weighted by atomic mass is 15.1. The molecule has 20 heavy (non-hydrogen) atoms. The van der Waals surface area contributed by atoms with Crippen molar-refractivity contribution < 1.29 is 0 Å². The molecule has 0 bridgehead atoms. The van der Waals surface area contributed by atoms with Gasteiger partial charge in [0.15, 0.2) is 0 Å². The molecule has 0 N–H and O–H groups in total. The molecule has 3 rings (SSSR count). The van der Waals surface area contributed by atoms with Crippen LogP contribution in [-0.2, 0) is 13.0 Å². The number of rotatable bonds is 4. The van der Waals surface area contributed by atoms with Crippen molar-refractivity contribution in [2.45, 2.75) is 33.2 Å². The second-order valence-electron chi connectivity index (χ2n) is 5.28. The summed E-state index contributed by atoms with van der Waals surface area (Å²) >= 11 is 0. The van der Waals surface area contributed by atoms with Gasteiger partial charge in [0.1, 0.15) is 5.82 Å². The molecule has 2 nitrogen and oxygen atoms in total. The van der Waals surface area contributed by atoms with E-state index in [0.717, 1.165) is 24.9 Å². The summed E-state index contributed by atoms with van der Waals surface area (Å²) in [5.74, 6) is 1.19. The molecule has 1 aromatic heterocycles. The highest BCUT2D eigenvalue weighted by Gasteiger charge is 2.10. The van der Waals surface area contributed by atoms with Gasteiger partial charge in [-0.05, 0) is 36.6 Å². The maximum Gasteiger partial charge on any atom is 0.110 e. The van der Waals surface area contributed by atoms with E-state index >= 15 is 0 Å². The van der Waals surface area contributed by atoms with Crippen molar-refractivity contribution >= 4 is 11.0 Å². The number of aromatic nitrogens is 2. The van der Waals surface area contributed by atoms with Crippen LogP contribution in [0.2, 0.25) is 0 Å². The number of benzene rings is 2. The van der Waals surface area contributed by atoms with Crippen LogP contribution in [0.4, 0.5) is 0 Å². The first-order chi connectivity index (χ1) is 9.79. The first kappa shape index (κ1) is 12.9. The number of fused-ring (bicyclic) bond motifs is 1. The Kier molecular flexibility index (Phi) is 3.55. The van der Waals surface area contributed by atoms with Crippen LogP contribution in [0, 0.1) is 6.92 Å². The van der Waals surface area contributed by atoms with Crippen LogP contribution in [0.15, 0.2) is 48.5 Å². The lowest BCUT2D eigenvalue weighted by Crippen LogP contribution is -2.06. The van der Waals surface area contributed by atoms with E-state index in [4.69, 9.17) is 4.98 Å². The lowest BCUT2D eigenvalue weighted by atomic mass is 10.1. The Labute approximate surface area is 120 Å². The van der Waals surface area contributed by atoms with Crippen molar-refractivity contribution in [2.75, 3.05) is 0 Å². The molecule has 0 radical (unpaired) electrons. The number of hydrogen-bond acceptors (Lipinski definition) is 1. The Hall–Kier alpha value is -2.09. The van der Waals surface area contributed by atoms with Crippen molar-refractivity contribution in [3.8, 4) is 0 Å². The van der Waals surface area contributed by atoms with Gasteiger partial charge in [-0.25, -0.2) is 4.98 Å². The third-order valence-electron chi connectivity index (χ3n) is 3.80. The quantitative estimate of drug-likeness (QED) is 0.685. The molecule has 0 unspecified atom stereocenters. The van der Waals surface area contributed by atoms with Gasteiger partial charge in [-0.15, -0.1) is 0 Å². The number of imidazole rings is 1. The Bertz CT molecular complexity index is 725. The number of nitrogens with zero attached hydrogens (tertiary/aromatic N) is 2. The van der Waals surface area contributed by atoms with Crippen LogP contribution in [0.3, 0.4) is 0 Å². The summed E-state index contributed by atoms with van der Waals surface area (Å²) in [5, 5.41) is 0. The summed E-state index contributed by atoms with van der Waals surface area (Å²) in [4.78, 5) is 4.79. The SMILES string of the molecule is CCCc1nc2ccccc2n1Cc1ccccc1C. The molecule has 0 saturated carbocycles. The molecular weight excluding hydrogens is 244 g/mol. The predicted octanol–water partition coefficient (Wildman–Crippen LogP) is 4.35. The fourth-order valence-electron chi connectivity index (χ4n) is 2.67. The molecule has 3 aromatic rings. The summed E-state index contributed by atoms with van der Waals surface area (Å²) in [6.45, 7) is 5.29. The maximum atomic E-state index is 4.79. The van der Waals surface area contributed by atoms with Gasteiger partial charge in [0.05, 0.1) is 11.0 Å². The molecule has 0 saturated heterocycles. The van der Waals surface area contributed by atoms with Gasteiger partial charge in [0, 0.05) is 13.0 Å². The average Bonchev–Trinajstić information content (AvgIpc) is 2.80. The summed E-state index contributed by atoms with van der Waals surface area (Å²) < 4.78 is 2.36. The minimum absolute atomic E-state index is 0.905. The summed E-state index contributed by atoms with van der Waals surface area (Å²) in [6, 6.07) is 17.0. The van der Waals surface area contributed by atoms with E-state index in [9.17, 15) is 0 Å². The summed E-state index contributed by atoms with van der Waals surface area (Å²) in [6.07, 6.45) is 2.15. The second-order valence-corrected chi connectivity index (χ2v) is 5.28. The van der Waals surface area contributed by atoms with Crippen LogP contribution in [0.1, 0.15) is 30.3 Å². The molecule has 2 aromatic carbocycles. The summed E-state index contributed by atoms with van der Waals surface area (Å²) in [5.41, 5.74) is 5.05. The molecule has 2 heteroatoms. The van der Waals surface area contributed by atoms with E-state index in [1.807, 2.05) is 0 Å². The molecule has 0 aliphatic carbocycles. The topological polar surface area (TPSA) is 17.8 Å².